The highest BCUT2D eigenvalue weighted by molar-refractivity contribution is 5.91. The van der Waals surface area contributed by atoms with Crippen molar-refractivity contribution < 1.29 is 9.59 Å². The molecule has 0 saturated heterocycles. The Bertz CT molecular complexity index is 278. The summed E-state index contributed by atoms with van der Waals surface area (Å²) in [6, 6.07) is 1.96. The summed E-state index contributed by atoms with van der Waals surface area (Å²) in [6.45, 7) is 0.327. The minimum atomic E-state index is -0.659. The average molecular weight is 195 g/mol. The number of rotatable bonds is 5. The van der Waals surface area contributed by atoms with Gasteiger partial charge < -0.3 is 10.2 Å². The zero-order valence-corrected chi connectivity index (χ0v) is 8.12. The summed E-state index contributed by atoms with van der Waals surface area (Å²) in [4.78, 5) is 23.6. The highest BCUT2D eigenvalue weighted by atomic mass is 16.2. The van der Waals surface area contributed by atoms with E-state index in [1.54, 1.807) is 7.05 Å². The van der Waals surface area contributed by atoms with E-state index in [-0.39, 0.29) is 12.3 Å². The average Bonchev–Trinajstić information content (AvgIpc) is 2.99. The van der Waals surface area contributed by atoms with Crippen LogP contribution < -0.4 is 5.32 Å². The number of hydrogen-bond acceptors (Lipinski definition) is 3. The number of nitrogens with zero attached hydrogens (tertiary/aromatic N) is 2. The van der Waals surface area contributed by atoms with Crippen LogP contribution in [-0.2, 0) is 9.59 Å². The SMILES string of the molecule is CNC(=O)C1(N(C=O)CCC#N)CC1. The third kappa shape index (κ3) is 1.69. The summed E-state index contributed by atoms with van der Waals surface area (Å²) >= 11 is 0. The van der Waals surface area contributed by atoms with E-state index in [2.05, 4.69) is 5.32 Å². The molecule has 1 aliphatic carbocycles. The fourth-order valence-corrected chi connectivity index (χ4v) is 1.53. The van der Waals surface area contributed by atoms with Crippen molar-refractivity contribution in [1.82, 2.24) is 10.2 Å². The van der Waals surface area contributed by atoms with Gasteiger partial charge in [-0.2, -0.15) is 5.26 Å². The molecule has 0 spiro atoms. The molecule has 0 aliphatic heterocycles. The van der Waals surface area contributed by atoms with Crippen molar-refractivity contribution in [1.29, 1.82) is 5.26 Å². The van der Waals surface area contributed by atoms with Gasteiger partial charge in [-0.05, 0) is 12.8 Å². The Morgan fingerprint density at radius 3 is 2.71 bits per heavy atom. The minimum Gasteiger partial charge on any atom is -0.357 e. The quantitative estimate of drug-likeness (QED) is 0.609. The summed E-state index contributed by atoms with van der Waals surface area (Å²) in [5, 5.41) is 10.9. The fraction of sp³-hybridized carbons (Fsp3) is 0.667. The Morgan fingerprint density at radius 2 is 2.36 bits per heavy atom. The molecule has 0 radical (unpaired) electrons. The predicted molar refractivity (Wildman–Crippen MR) is 49.0 cm³/mol. The predicted octanol–water partition coefficient (Wildman–Crippen LogP) is -0.363. The lowest BCUT2D eigenvalue weighted by Gasteiger charge is -2.25. The highest BCUT2D eigenvalue weighted by Crippen LogP contribution is 2.41. The molecule has 1 N–H and O–H groups in total. The van der Waals surface area contributed by atoms with Crippen molar-refractivity contribution in [3.63, 3.8) is 0 Å². The molecule has 1 fully saturated rings. The molecule has 14 heavy (non-hydrogen) atoms. The molecule has 0 bridgehead atoms. The molecule has 2 amide bonds. The number of carbonyl (C=O) groups excluding carboxylic acids is 2. The van der Waals surface area contributed by atoms with Crippen molar-refractivity contribution in [2.45, 2.75) is 24.8 Å². The topological polar surface area (TPSA) is 73.2 Å². The van der Waals surface area contributed by atoms with Gasteiger partial charge >= 0.3 is 0 Å². The molecule has 0 atom stereocenters. The number of amides is 2. The van der Waals surface area contributed by atoms with Gasteiger partial charge in [0.15, 0.2) is 0 Å². The zero-order valence-electron chi connectivity index (χ0n) is 8.12. The van der Waals surface area contributed by atoms with E-state index in [1.807, 2.05) is 6.07 Å². The van der Waals surface area contributed by atoms with Gasteiger partial charge in [0, 0.05) is 13.6 Å². The third-order valence-electron chi connectivity index (χ3n) is 2.51. The molecule has 5 nitrogen and oxygen atoms in total. The molecule has 1 aliphatic rings. The van der Waals surface area contributed by atoms with Crippen LogP contribution in [0.3, 0.4) is 0 Å². The molecule has 0 aromatic rings. The third-order valence-corrected chi connectivity index (χ3v) is 2.51. The van der Waals surface area contributed by atoms with Crippen molar-refractivity contribution in [3.05, 3.63) is 0 Å². The van der Waals surface area contributed by atoms with E-state index in [4.69, 9.17) is 5.26 Å². The summed E-state index contributed by atoms with van der Waals surface area (Å²) in [5.74, 6) is -0.137. The second kappa shape index (κ2) is 4.09. The zero-order chi connectivity index (χ0) is 10.6. The lowest BCUT2D eigenvalue weighted by Crippen LogP contribution is -2.48. The monoisotopic (exact) mass is 195 g/mol. The maximum absolute atomic E-state index is 11.5. The maximum atomic E-state index is 11.5. The van der Waals surface area contributed by atoms with E-state index >= 15 is 0 Å². The van der Waals surface area contributed by atoms with E-state index in [0.29, 0.717) is 25.8 Å². The lowest BCUT2D eigenvalue weighted by molar-refractivity contribution is -0.134. The summed E-state index contributed by atoms with van der Waals surface area (Å²) in [6.07, 6.45) is 2.30. The fourth-order valence-electron chi connectivity index (χ4n) is 1.53. The number of hydrogen-bond donors (Lipinski definition) is 1. The summed E-state index contributed by atoms with van der Waals surface area (Å²) in [7, 11) is 1.55. The molecule has 76 valence electrons. The van der Waals surface area contributed by atoms with Crippen LogP contribution in [0.5, 0.6) is 0 Å². The second-order valence-corrected chi connectivity index (χ2v) is 3.32. The number of likely N-dealkylation sites (N-methyl/N-ethyl adjacent to an activating group) is 1. The van der Waals surface area contributed by atoms with Gasteiger partial charge in [-0.3, -0.25) is 9.59 Å². The van der Waals surface area contributed by atoms with Gasteiger partial charge in [-0.1, -0.05) is 0 Å². The van der Waals surface area contributed by atoms with Crippen molar-refractivity contribution >= 4 is 12.3 Å². The summed E-state index contributed by atoms with van der Waals surface area (Å²) < 4.78 is 0. The first-order valence-corrected chi connectivity index (χ1v) is 4.52. The number of nitrogens with one attached hydrogen (secondary N) is 1. The minimum absolute atomic E-state index is 0.137. The van der Waals surface area contributed by atoms with Gasteiger partial charge in [0.25, 0.3) is 0 Å². The van der Waals surface area contributed by atoms with E-state index < -0.39 is 5.54 Å². The standard InChI is InChI=1S/C9H13N3O2/c1-11-8(14)9(3-4-9)12(7-13)6-2-5-10/h7H,2-4,6H2,1H3,(H,11,14). The van der Waals surface area contributed by atoms with E-state index in [0.717, 1.165) is 0 Å². The molecule has 0 heterocycles. The second-order valence-electron chi connectivity index (χ2n) is 3.32. The van der Waals surface area contributed by atoms with Crippen molar-refractivity contribution in [2.24, 2.45) is 0 Å². The van der Waals surface area contributed by atoms with Crippen LogP contribution in [0.4, 0.5) is 0 Å². The first kappa shape index (κ1) is 10.5. The normalized spacial score (nSPS) is 16.6. The maximum Gasteiger partial charge on any atom is 0.245 e. The van der Waals surface area contributed by atoms with E-state index in [1.165, 1.54) is 4.90 Å². The first-order chi connectivity index (χ1) is 6.71. The largest absolute Gasteiger partial charge is 0.357 e. The van der Waals surface area contributed by atoms with Crippen LogP contribution in [0.2, 0.25) is 0 Å². The molecular formula is C9H13N3O2. The Kier molecular flexibility index (Phi) is 3.07. The Labute approximate surface area is 82.7 Å². The Hall–Kier alpha value is -1.57. The number of carbonyl (C=O) groups is 2. The number of nitriles is 1. The van der Waals surface area contributed by atoms with E-state index in [9.17, 15) is 9.59 Å². The van der Waals surface area contributed by atoms with Crippen molar-refractivity contribution in [3.8, 4) is 6.07 Å². The molecular weight excluding hydrogens is 182 g/mol. The smallest absolute Gasteiger partial charge is 0.245 e. The van der Waals surface area contributed by atoms with Crippen LogP contribution in [0.25, 0.3) is 0 Å². The molecule has 0 aromatic heterocycles. The van der Waals surface area contributed by atoms with Crippen LogP contribution in [0.15, 0.2) is 0 Å². The van der Waals surface area contributed by atoms with Crippen molar-refractivity contribution in [2.75, 3.05) is 13.6 Å². The molecule has 0 unspecified atom stereocenters. The van der Waals surface area contributed by atoms with Gasteiger partial charge in [0.2, 0.25) is 12.3 Å². The lowest BCUT2D eigenvalue weighted by atomic mass is 10.2. The molecule has 0 aromatic carbocycles. The molecule has 1 rings (SSSR count). The van der Waals surface area contributed by atoms with Crippen LogP contribution in [0.1, 0.15) is 19.3 Å². The van der Waals surface area contributed by atoms with Gasteiger partial charge in [-0.25, -0.2) is 0 Å². The van der Waals surface area contributed by atoms with Crippen LogP contribution >= 0.6 is 0 Å². The Morgan fingerprint density at radius 1 is 1.71 bits per heavy atom. The first-order valence-electron chi connectivity index (χ1n) is 4.52. The Balaban J connectivity index is 2.64. The van der Waals surface area contributed by atoms with Gasteiger partial charge in [-0.15, -0.1) is 0 Å². The summed E-state index contributed by atoms with van der Waals surface area (Å²) in [5.41, 5.74) is -0.659. The van der Waals surface area contributed by atoms with Gasteiger partial charge in [0.1, 0.15) is 5.54 Å². The van der Waals surface area contributed by atoms with Crippen LogP contribution in [-0.4, -0.2) is 36.3 Å². The van der Waals surface area contributed by atoms with Gasteiger partial charge in [0.05, 0.1) is 12.5 Å². The molecule has 1 saturated carbocycles. The van der Waals surface area contributed by atoms with Crippen LogP contribution in [0, 0.1) is 11.3 Å². The highest BCUT2D eigenvalue weighted by Gasteiger charge is 2.53. The molecule has 5 heteroatoms.